The summed E-state index contributed by atoms with van der Waals surface area (Å²) in [4.78, 5) is 29.9. The van der Waals surface area contributed by atoms with Gasteiger partial charge in [0.15, 0.2) is 12.1 Å². The molecule has 1 unspecified atom stereocenters. The van der Waals surface area contributed by atoms with Gasteiger partial charge in [-0.2, -0.15) is 0 Å². The van der Waals surface area contributed by atoms with Gasteiger partial charge in [0.25, 0.3) is 0 Å². The van der Waals surface area contributed by atoms with Gasteiger partial charge in [-0.05, 0) is 44.3 Å². The number of hydrogen-bond acceptors (Lipinski definition) is 8. The molecule has 2 aromatic heterocycles. The van der Waals surface area contributed by atoms with Crippen LogP contribution in [0.3, 0.4) is 0 Å². The minimum atomic E-state index is -0.280. The van der Waals surface area contributed by atoms with Gasteiger partial charge in [0.05, 0.1) is 11.9 Å². The molecule has 3 heterocycles. The van der Waals surface area contributed by atoms with Crippen molar-refractivity contribution in [2.75, 3.05) is 45.6 Å². The highest BCUT2D eigenvalue weighted by Crippen LogP contribution is 2.29. The lowest BCUT2D eigenvalue weighted by molar-refractivity contribution is -0.121. The molecule has 0 saturated carbocycles. The fraction of sp³-hybridized carbons (Fsp3) is 0.391. The van der Waals surface area contributed by atoms with E-state index in [1.165, 1.54) is 0 Å². The second-order valence-electron chi connectivity index (χ2n) is 7.88. The summed E-state index contributed by atoms with van der Waals surface area (Å²) >= 11 is 0. The Labute approximate surface area is 182 Å². The van der Waals surface area contributed by atoms with Crippen molar-refractivity contribution < 1.29 is 9.53 Å². The summed E-state index contributed by atoms with van der Waals surface area (Å²) in [7, 11) is 3.95. The maximum Gasteiger partial charge on any atom is 0.163 e. The van der Waals surface area contributed by atoms with E-state index in [0.29, 0.717) is 18.0 Å². The lowest BCUT2D eigenvalue weighted by atomic mass is 10.2. The molecule has 1 fully saturated rings. The highest BCUT2D eigenvalue weighted by Gasteiger charge is 2.25. The largest absolute Gasteiger partial charge is 0.475 e. The summed E-state index contributed by atoms with van der Waals surface area (Å²) in [6.07, 6.45) is 3.56. The molecule has 4 rings (SSSR count). The minimum Gasteiger partial charge on any atom is -0.475 e. The number of Topliss-reactive ketones (excluding diaryl/α,β-unsaturated/α-hetero) is 1. The highest BCUT2D eigenvalue weighted by atomic mass is 16.5. The van der Waals surface area contributed by atoms with Gasteiger partial charge in [-0.3, -0.25) is 14.7 Å². The Hall–Kier alpha value is -3.10. The predicted molar refractivity (Wildman–Crippen MR) is 121 cm³/mol. The average molecular weight is 421 g/mol. The minimum absolute atomic E-state index is 0.116. The van der Waals surface area contributed by atoms with Crippen molar-refractivity contribution in [3.05, 3.63) is 42.7 Å². The first kappa shape index (κ1) is 21.1. The maximum atomic E-state index is 11.9. The number of ether oxygens (including phenoxy) is 1. The Kier molecular flexibility index (Phi) is 6.39. The van der Waals surface area contributed by atoms with Gasteiger partial charge in [-0.25, -0.2) is 9.97 Å². The normalized spacial score (nSPS) is 16.2. The van der Waals surface area contributed by atoms with Crippen LogP contribution in [0.25, 0.3) is 22.3 Å². The van der Waals surface area contributed by atoms with Gasteiger partial charge in [0, 0.05) is 56.6 Å². The summed E-state index contributed by atoms with van der Waals surface area (Å²) in [6, 6.07) is 9.59. The first-order valence-electron chi connectivity index (χ1n) is 10.5. The van der Waals surface area contributed by atoms with Crippen molar-refractivity contribution in [3.8, 4) is 17.1 Å². The van der Waals surface area contributed by atoms with Crippen molar-refractivity contribution in [3.63, 3.8) is 0 Å². The third kappa shape index (κ3) is 4.98. The first-order chi connectivity index (χ1) is 15.0. The fourth-order valence-electron chi connectivity index (χ4n) is 3.75. The van der Waals surface area contributed by atoms with Crippen LogP contribution in [0.2, 0.25) is 0 Å². The van der Waals surface area contributed by atoms with Gasteiger partial charge in [0.2, 0.25) is 0 Å². The Bertz CT molecular complexity index is 1050. The number of rotatable bonds is 7. The van der Waals surface area contributed by atoms with Crippen LogP contribution in [-0.2, 0) is 4.79 Å². The van der Waals surface area contributed by atoms with E-state index in [4.69, 9.17) is 9.72 Å². The molecule has 1 saturated heterocycles. The highest BCUT2D eigenvalue weighted by molar-refractivity contribution is 5.91. The molecule has 0 bridgehead atoms. The third-order valence-corrected chi connectivity index (χ3v) is 5.50. The van der Waals surface area contributed by atoms with E-state index in [0.717, 1.165) is 48.5 Å². The Balaban J connectivity index is 1.63. The lowest BCUT2D eigenvalue weighted by Crippen LogP contribution is -2.51. The van der Waals surface area contributed by atoms with E-state index in [2.05, 4.69) is 32.1 Å². The number of pyridine rings is 1. The molecule has 162 valence electrons. The zero-order valence-electron chi connectivity index (χ0n) is 18.2. The van der Waals surface area contributed by atoms with Crippen molar-refractivity contribution in [1.29, 1.82) is 0 Å². The molecule has 1 aliphatic heterocycles. The second kappa shape index (κ2) is 9.36. The number of anilines is 1. The number of ketones is 1. The zero-order chi connectivity index (χ0) is 21.8. The molecule has 3 aromatic rings. The second-order valence-corrected chi connectivity index (χ2v) is 7.88. The van der Waals surface area contributed by atoms with E-state index in [1.807, 2.05) is 37.4 Å². The SMILES string of the molecule is CNc1nc(-c2cccnc2)nc2ccc(OC(CC(C)=O)N3CCN(C)CC3)cc12. The Morgan fingerprint density at radius 1 is 1.19 bits per heavy atom. The van der Waals surface area contributed by atoms with Crippen LogP contribution in [0, 0.1) is 0 Å². The summed E-state index contributed by atoms with van der Waals surface area (Å²) in [6.45, 7) is 5.29. The number of aromatic nitrogens is 3. The number of carbonyl (C=O) groups is 1. The molecule has 1 aliphatic rings. The standard InChI is InChI=1S/C23H28N6O2/c1-16(30)13-21(29-11-9-28(3)10-12-29)31-18-6-7-20-19(14-18)23(24-2)27-22(26-20)17-5-4-8-25-15-17/h4-8,14-15,21H,9-13H2,1-3H3,(H,24,26,27). The number of fused-ring (bicyclic) bond motifs is 1. The van der Waals surface area contributed by atoms with Crippen LogP contribution in [0.4, 0.5) is 5.82 Å². The Morgan fingerprint density at radius 2 is 2.00 bits per heavy atom. The number of carbonyl (C=O) groups excluding carboxylic acids is 1. The molecule has 8 heteroatoms. The van der Waals surface area contributed by atoms with Gasteiger partial charge in [0.1, 0.15) is 17.4 Å². The number of nitrogens with zero attached hydrogens (tertiary/aromatic N) is 5. The van der Waals surface area contributed by atoms with Gasteiger partial charge >= 0.3 is 0 Å². The molecule has 1 aromatic carbocycles. The van der Waals surface area contributed by atoms with E-state index in [-0.39, 0.29) is 12.0 Å². The quantitative estimate of drug-likeness (QED) is 0.625. The van der Waals surface area contributed by atoms with Crippen molar-refractivity contribution in [2.45, 2.75) is 19.6 Å². The zero-order valence-corrected chi connectivity index (χ0v) is 18.2. The lowest BCUT2D eigenvalue weighted by Gasteiger charge is -2.37. The first-order valence-corrected chi connectivity index (χ1v) is 10.5. The van der Waals surface area contributed by atoms with Crippen molar-refractivity contribution in [2.24, 2.45) is 0 Å². The van der Waals surface area contributed by atoms with Gasteiger partial charge in [-0.1, -0.05) is 0 Å². The van der Waals surface area contributed by atoms with Crippen LogP contribution in [-0.4, -0.2) is 77.0 Å². The predicted octanol–water partition coefficient (Wildman–Crippen LogP) is 2.66. The third-order valence-electron chi connectivity index (χ3n) is 5.50. The van der Waals surface area contributed by atoms with Crippen LogP contribution in [0.1, 0.15) is 13.3 Å². The number of nitrogens with one attached hydrogen (secondary N) is 1. The van der Waals surface area contributed by atoms with Crippen LogP contribution in [0.5, 0.6) is 5.75 Å². The topological polar surface area (TPSA) is 83.5 Å². The van der Waals surface area contributed by atoms with E-state index in [1.54, 1.807) is 19.3 Å². The molecule has 0 radical (unpaired) electrons. The Morgan fingerprint density at radius 3 is 2.68 bits per heavy atom. The summed E-state index contributed by atoms with van der Waals surface area (Å²) in [5.74, 6) is 2.15. The van der Waals surface area contributed by atoms with Crippen LogP contribution < -0.4 is 10.1 Å². The molecular formula is C23H28N6O2. The summed E-state index contributed by atoms with van der Waals surface area (Å²) < 4.78 is 6.32. The molecule has 8 nitrogen and oxygen atoms in total. The number of likely N-dealkylation sites (N-methyl/N-ethyl adjacent to an activating group) is 1. The number of benzene rings is 1. The van der Waals surface area contributed by atoms with Gasteiger partial charge in [-0.15, -0.1) is 0 Å². The monoisotopic (exact) mass is 420 g/mol. The van der Waals surface area contributed by atoms with Crippen molar-refractivity contribution in [1.82, 2.24) is 24.8 Å². The fourth-order valence-corrected chi connectivity index (χ4v) is 3.75. The molecular weight excluding hydrogens is 392 g/mol. The van der Waals surface area contributed by atoms with Crippen LogP contribution in [0.15, 0.2) is 42.7 Å². The van der Waals surface area contributed by atoms with E-state index >= 15 is 0 Å². The van der Waals surface area contributed by atoms with Gasteiger partial charge < -0.3 is 15.0 Å². The molecule has 0 amide bonds. The number of hydrogen-bond donors (Lipinski definition) is 1. The molecule has 31 heavy (non-hydrogen) atoms. The maximum absolute atomic E-state index is 11.9. The smallest absolute Gasteiger partial charge is 0.163 e. The average Bonchev–Trinajstić information content (AvgIpc) is 2.78. The summed E-state index contributed by atoms with van der Waals surface area (Å²) in [5.41, 5.74) is 1.67. The van der Waals surface area contributed by atoms with E-state index < -0.39 is 0 Å². The summed E-state index contributed by atoms with van der Waals surface area (Å²) in [5, 5.41) is 4.03. The van der Waals surface area contributed by atoms with Crippen molar-refractivity contribution >= 4 is 22.5 Å². The molecule has 0 spiro atoms. The van der Waals surface area contributed by atoms with Crippen LogP contribution >= 0.6 is 0 Å². The molecule has 0 aliphatic carbocycles. The molecule has 1 atom stereocenters. The number of piperazine rings is 1. The molecule has 1 N–H and O–H groups in total. The van der Waals surface area contributed by atoms with E-state index in [9.17, 15) is 4.79 Å².